The molecule has 0 bridgehead atoms. The van der Waals surface area contributed by atoms with Gasteiger partial charge in [-0.2, -0.15) is 0 Å². The quantitative estimate of drug-likeness (QED) is 0.801. The minimum Gasteiger partial charge on any atom is -0.488 e. The van der Waals surface area contributed by atoms with Crippen LogP contribution in [-0.4, -0.2) is 17.3 Å². The second-order valence-corrected chi connectivity index (χ2v) is 3.83. The van der Waals surface area contributed by atoms with Gasteiger partial charge in [-0.1, -0.05) is 17.7 Å². The van der Waals surface area contributed by atoms with Gasteiger partial charge in [0.05, 0.1) is 6.10 Å². The van der Waals surface area contributed by atoms with Crippen LogP contribution in [0.5, 0.6) is 5.75 Å². The lowest BCUT2D eigenvalue weighted by atomic mass is 10.1. The van der Waals surface area contributed by atoms with Crippen molar-refractivity contribution >= 4 is 0 Å². The van der Waals surface area contributed by atoms with Gasteiger partial charge >= 0.3 is 0 Å². The van der Waals surface area contributed by atoms with Crippen molar-refractivity contribution in [2.24, 2.45) is 0 Å². The van der Waals surface area contributed by atoms with Crippen LogP contribution in [0.25, 0.3) is 0 Å². The van der Waals surface area contributed by atoms with Crippen LogP contribution in [0.1, 0.15) is 25.0 Å². The summed E-state index contributed by atoms with van der Waals surface area (Å²) < 4.78 is 5.61. The summed E-state index contributed by atoms with van der Waals surface area (Å²) in [6, 6.07) is 6.03. The van der Waals surface area contributed by atoms with Gasteiger partial charge in [0, 0.05) is 0 Å². The lowest BCUT2D eigenvalue weighted by Gasteiger charge is -2.18. The molecule has 78 valence electrons. The van der Waals surface area contributed by atoms with Crippen LogP contribution in [0.3, 0.4) is 0 Å². The monoisotopic (exact) mass is 194 g/mol. The van der Waals surface area contributed by atoms with E-state index < -0.39 is 6.10 Å². The van der Waals surface area contributed by atoms with Crippen molar-refractivity contribution in [3.05, 3.63) is 29.3 Å². The lowest BCUT2D eigenvalue weighted by Crippen LogP contribution is -2.25. The first-order chi connectivity index (χ1) is 6.50. The first-order valence-corrected chi connectivity index (χ1v) is 4.92. The molecule has 2 unspecified atom stereocenters. The number of hydrogen-bond donors (Lipinski definition) is 1. The van der Waals surface area contributed by atoms with E-state index in [-0.39, 0.29) is 6.10 Å². The SMILES string of the molecule is Cc1ccc(OC(C)C(C)O)c(C)c1. The topological polar surface area (TPSA) is 29.5 Å². The molecule has 2 nitrogen and oxygen atoms in total. The number of aliphatic hydroxyl groups is 1. The van der Waals surface area contributed by atoms with Gasteiger partial charge in [0.2, 0.25) is 0 Å². The van der Waals surface area contributed by atoms with Gasteiger partial charge in [-0.05, 0) is 39.3 Å². The number of rotatable bonds is 3. The molecule has 1 aromatic rings. The Morgan fingerprint density at radius 3 is 2.36 bits per heavy atom. The summed E-state index contributed by atoms with van der Waals surface area (Å²) in [5, 5.41) is 9.30. The van der Waals surface area contributed by atoms with Crippen molar-refractivity contribution in [2.45, 2.75) is 39.9 Å². The molecule has 14 heavy (non-hydrogen) atoms. The summed E-state index contributed by atoms with van der Waals surface area (Å²) in [7, 11) is 0. The number of aryl methyl sites for hydroxylation is 2. The molecule has 2 heteroatoms. The second kappa shape index (κ2) is 4.47. The normalized spacial score (nSPS) is 14.9. The first kappa shape index (κ1) is 11.1. The smallest absolute Gasteiger partial charge is 0.122 e. The van der Waals surface area contributed by atoms with E-state index in [4.69, 9.17) is 4.74 Å². The molecular weight excluding hydrogens is 176 g/mol. The van der Waals surface area contributed by atoms with Crippen LogP contribution in [0.2, 0.25) is 0 Å². The van der Waals surface area contributed by atoms with E-state index in [1.54, 1.807) is 6.92 Å². The third-order valence-electron chi connectivity index (χ3n) is 2.32. The summed E-state index contributed by atoms with van der Waals surface area (Å²) in [6.45, 7) is 7.66. The van der Waals surface area contributed by atoms with E-state index in [1.165, 1.54) is 5.56 Å². The molecule has 0 saturated carbocycles. The maximum absolute atomic E-state index is 9.30. The van der Waals surface area contributed by atoms with E-state index in [1.807, 2.05) is 26.0 Å². The molecule has 0 aliphatic carbocycles. The van der Waals surface area contributed by atoms with Crippen LogP contribution in [-0.2, 0) is 0 Å². The minimum atomic E-state index is -0.448. The number of ether oxygens (including phenoxy) is 1. The fraction of sp³-hybridized carbons (Fsp3) is 0.500. The van der Waals surface area contributed by atoms with Crippen molar-refractivity contribution < 1.29 is 9.84 Å². The van der Waals surface area contributed by atoms with Crippen molar-refractivity contribution in [3.63, 3.8) is 0 Å². The highest BCUT2D eigenvalue weighted by molar-refractivity contribution is 5.35. The Balaban J connectivity index is 2.77. The largest absolute Gasteiger partial charge is 0.488 e. The van der Waals surface area contributed by atoms with E-state index >= 15 is 0 Å². The van der Waals surface area contributed by atoms with E-state index in [0.29, 0.717) is 0 Å². The predicted octanol–water partition coefficient (Wildman–Crippen LogP) is 2.45. The number of aliphatic hydroxyl groups excluding tert-OH is 1. The Hall–Kier alpha value is -1.02. The summed E-state index contributed by atoms with van der Waals surface area (Å²) in [4.78, 5) is 0. The summed E-state index contributed by atoms with van der Waals surface area (Å²) in [6.07, 6.45) is -0.618. The lowest BCUT2D eigenvalue weighted by molar-refractivity contribution is 0.0600. The van der Waals surface area contributed by atoms with Gasteiger partial charge in [-0.3, -0.25) is 0 Å². The molecule has 0 amide bonds. The Kier molecular flexibility index (Phi) is 3.53. The zero-order chi connectivity index (χ0) is 10.7. The summed E-state index contributed by atoms with van der Waals surface area (Å²) in [5.41, 5.74) is 2.33. The van der Waals surface area contributed by atoms with Gasteiger partial charge in [-0.25, -0.2) is 0 Å². The van der Waals surface area contributed by atoms with Crippen molar-refractivity contribution in [3.8, 4) is 5.75 Å². The highest BCUT2D eigenvalue weighted by atomic mass is 16.5. The standard InChI is InChI=1S/C12H18O2/c1-8-5-6-12(9(2)7-8)14-11(4)10(3)13/h5-7,10-11,13H,1-4H3. The van der Waals surface area contributed by atoms with E-state index in [9.17, 15) is 5.11 Å². The second-order valence-electron chi connectivity index (χ2n) is 3.83. The average molecular weight is 194 g/mol. The van der Waals surface area contributed by atoms with E-state index in [0.717, 1.165) is 11.3 Å². The van der Waals surface area contributed by atoms with E-state index in [2.05, 4.69) is 13.0 Å². The molecule has 1 N–H and O–H groups in total. The molecule has 0 radical (unpaired) electrons. The highest BCUT2D eigenvalue weighted by Crippen LogP contribution is 2.20. The zero-order valence-corrected chi connectivity index (χ0v) is 9.24. The van der Waals surface area contributed by atoms with Crippen LogP contribution in [0, 0.1) is 13.8 Å². The van der Waals surface area contributed by atoms with Crippen molar-refractivity contribution in [2.75, 3.05) is 0 Å². The van der Waals surface area contributed by atoms with Crippen LogP contribution in [0.15, 0.2) is 18.2 Å². The predicted molar refractivity (Wildman–Crippen MR) is 57.7 cm³/mol. The summed E-state index contributed by atoms with van der Waals surface area (Å²) >= 11 is 0. The number of benzene rings is 1. The molecule has 0 aliphatic rings. The summed E-state index contributed by atoms with van der Waals surface area (Å²) in [5.74, 6) is 0.851. The molecule has 0 spiro atoms. The Morgan fingerprint density at radius 2 is 1.86 bits per heavy atom. The number of hydrogen-bond acceptors (Lipinski definition) is 2. The van der Waals surface area contributed by atoms with Gasteiger partial charge in [0.15, 0.2) is 0 Å². The molecule has 0 saturated heterocycles. The third kappa shape index (κ3) is 2.74. The van der Waals surface area contributed by atoms with Gasteiger partial charge in [0.25, 0.3) is 0 Å². The third-order valence-corrected chi connectivity index (χ3v) is 2.32. The fourth-order valence-electron chi connectivity index (χ4n) is 1.23. The first-order valence-electron chi connectivity index (χ1n) is 4.92. The van der Waals surface area contributed by atoms with Crippen LogP contribution in [0.4, 0.5) is 0 Å². The van der Waals surface area contributed by atoms with Crippen molar-refractivity contribution in [1.29, 1.82) is 0 Å². The Morgan fingerprint density at radius 1 is 1.21 bits per heavy atom. The average Bonchev–Trinajstić information content (AvgIpc) is 2.09. The van der Waals surface area contributed by atoms with Gasteiger partial charge in [-0.15, -0.1) is 0 Å². The Bertz CT molecular complexity index is 305. The fourth-order valence-corrected chi connectivity index (χ4v) is 1.23. The molecule has 0 fully saturated rings. The Labute approximate surface area is 85.5 Å². The minimum absolute atomic E-state index is 0.170. The van der Waals surface area contributed by atoms with Crippen molar-refractivity contribution in [1.82, 2.24) is 0 Å². The molecule has 0 heterocycles. The molecule has 1 aromatic carbocycles. The molecule has 0 aromatic heterocycles. The molecular formula is C12H18O2. The molecule has 2 atom stereocenters. The van der Waals surface area contributed by atoms with Gasteiger partial charge < -0.3 is 9.84 Å². The zero-order valence-electron chi connectivity index (χ0n) is 9.24. The molecule has 0 aliphatic heterocycles. The van der Waals surface area contributed by atoms with Crippen LogP contribution >= 0.6 is 0 Å². The highest BCUT2D eigenvalue weighted by Gasteiger charge is 2.11. The maximum atomic E-state index is 9.30. The van der Waals surface area contributed by atoms with Crippen LogP contribution < -0.4 is 4.74 Å². The van der Waals surface area contributed by atoms with Gasteiger partial charge in [0.1, 0.15) is 11.9 Å². The maximum Gasteiger partial charge on any atom is 0.122 e. The molecule has 1 rings (SSSR count).